The first-order chi connectivity index (χ1) is 7.77. The van der Waals surface area contributed by atoms with E-state index in [1.54, 1.807) is 7.11 Å². The summed E-state index contributed by atoms with van der Waals surface area (Å²) in [5.74, 6) is 0.796. The summed E-state index contributed by atoms with van der Waals surface area (Å²) in [7, 11) is 1.64. The van der Waals surface area contributed by atoms with Crippen molar-refractivity contribution < 1.29 is 4.74 Å². The van der Waals surface area contributed by atoms with Crippen molar-refractivity contribution in [1.29, 1.82) is 0 Å². The van der Waals surface area contributed by atoms with Crippen molar-refractivity contribution in [2.24, 2.45) is 5.73 Å². The molecule has 0 bridgehead atoms. The van der Waals surface area contributed by atoms with Gasteiger partial charge in [0.2, 0.25) is 0 Å². The molecule has 0 unspecified atom stereocenters. The van der Waals surface area contributed by atoms with Gasteiger partial charge in [-0.1, -0.05) is 17.7 Å². The Morgan fingerprint density at radius 1 is 1.38 bits per heavy atom. The van der Waals surface area contributed by atoms with Gasteiger partial charge in [-0.05, 0) is 50.2 Å². The Labute approximate surface area is 102 Å². The van der Waals surface area contributed by atoms with E-state index in [4.69, 9.17) is 22.1 Å². The van der Waals surface area contributed by atoms with Crippen LogP contribution in [0.2, 0.25) is 5.02 Å². The molecule has 0 fully saturated rings. The highest BCUT2D eigenvalue weighted by Crippen LogP contribution is 2.22. The van der Waals surface area contributed by atoms with Crippen LogP contribution in [0.25, 0.3) is 0 Å². The number of ether oxygens (including phenoxy) is 1. The first-order valence-electron chi connectivity index (χ1n) is 5.51. The molecule has 16 heavy (non-hydrogen) atoms. The van der Waals surface area contributed by atoms with Crippen molar-refractivity contribution in [3.63, 3.8) is 0 Å². The van der Waals surface area contributed by atoms with Gasteiger partial charge in [0.25, 0.3) is 0 Å². The Kier molecular flexibility index (Phi) is 6.23. The normalized spacial score (nSPS) is 10.4. The van der Waals surface area contributed by atoms with Crippen LogP contribution >= 0.6 is 11.6 Å². The monoisotopic (exact) mass is 242 g/mol. The third-order valence-corrected chi connectivity index (χ3v) is 2.74. The van der Waals surface area contributed by atoms with Gasteiger partial charge in [0.1, 0.15) is 5.75 Å². The molecule has 0 aliphatic carbocycles. The molecule has 0 aromatic heterocycles. The van der Waals surface area contributed by atoms with Gasteiger partial charge < -0.3 is 15.8 Å². The molecule has 0 amide bonds. The zero-order valence-electron chi connectivity index (χ0n) is 9.63. The molecule has 1 aromatic rings. The molecular weight excluding hydrogens is 224 g/mol. The molecule has 0 spiro atoms. The smallest absolute Gasteiger partial charge is 0.120 e. The summed E-state index contributed by atoms with van der Waals surface area (Å²) in [5.41, 5.74) is 6.54. The molecule has 0 aliphatic heterocycles. The highest BCUT2D eigenvalue weighted by Gasteiger charge is 2.01. The minimum absolute atomic E-state index is 0.732. The molecule has 0 heterocycles. The zero-order valence-corrected chi connectivity index (χ0v) is 10.4. The Morgan fingerprint density at radius 2 is 2.19 bits per heavy atom. The van der Waals surface area contributed by atoms with Gasteiger partial charge in [-0.15, -0.1) is 0 Å². The third kappa shape index (κ3) is 4.39. The lowest BCUT2D eigenvalue weighted by atomic mass is 10.1. The van der Waals surface area contributed by atoms with E-state index >= 15 is 0 Å². The zero-order chi connectivity index (χ0) is 11.8. The van der Waals surface area contributed by atoms with E-state index in [1.807, 2.05) is 18.2 Å². The van der Waals surface area contributed by atoms with Crippen molar-refractivity contribution >= 4 is 11.6 Å². The second-order valence-electron chi connectivity index (χ2n) is 3.60. The fourth-order valence-electron chi connectivity index (χ4n) is 1.43. The molecule has 3 N–H and O–H groups in total. The van der Waals surface area contributed by atoms with E-state index < -0.39 is 0 Å². The summed E-state index contributed by atoms with van der Waals surface area (Å²) >= 11 is 6.12. The molecule has 1 rings (SSSR count). The van der Waals surface area contributed by atoms with E-state index in [9.17, 15) is 0 Å². The Balaban J connectivity index is 2.36. The summed E-state index contributed by atoms with van der Waals surface area (Å²) in [5, 5.41) is 4.08. The number of hydrogen-bond donors (Lipinski definition) is 2. The van der Waals surface area contributed by atoms with Crippen molar-refractivity contribution in [3.05, 3.63) is 28.8 Å². The average molecular weight is 243 g/mol. The molecule has 1 aromatic carbocycles. The predicted octanol–water partition coefficient (Wildman–Crippen LogP) is 1.83. The Hall–Kier alpha value is -0.770. The van der Waals surface area contributed by atoms with Gasteiger partial charge in [-0.3, -0.25) is 0 Å². The summed E-state index contributed by atoms with van der Waals surface area (Å²) in [4.78, 5) is 0. The Bertz CT molecular complexity index is 318. The SMILES string of the molecule is COc1ccc(CCNCCCN)c(Cl)c1. The Morgan fingerprint density at radius 3 is 2.81 bits per heavy atom. The van der Waals surface area contributed by atoms with Crippen molar-refractivity contribution in [3.8, 4) is 5.75 Å². The molecule has 0 saturated heterocycles. The largest absolute Gasteiger partial charge is 0.497 e. The van der Waals surface area contributed by atoms with Crippen LogP contribution in [-0.2, 0) is 6.42 Å². The molecular formula is C12H19ClN2O. The van der Waals surface area contributed by atoms with Crippen LogP contribution in [0.4, 0.5) is 0 Å². The molecule has 4 heteroatoms. The quantitative estimate of drug-likeness (QED) is 0.718. The molecule has 0 aliphatic rings. The topological polar surface area (TPSA) is 47.3 Å². The van der Waals surface area contributed by atoms with Gasteiger partial charge in [-0.2, -0.15) is 0 Å². The summed E-state index contributed by atoms with van der Waals surface area (Å²) in [6.07, 6.45) is 1.93. The second-order valence-corrected chi connectivity index (χ2v) is 4.01. The maximum atomic E-state index is 6.12. The predicted molar refractivity (Wildman–Crippen MR) is 68.2 cm³/mol. The van der Waals surface area contributed by atoms with Crippen molar-refractivity contribution in [2.75, 3.05) is 26.7 Å². The van der Waals surface area contributed by atoms with Crippen LogP contribution in [0.1, 0.15) is 12.0 Å². The van der Waals surface area contributed by atoms with Crippen LogP contribution in [0.3, 0.4) is 0 Å². The van der Waals surface area contributed by atoms with Crippen molar-refractivity contribution in [1.82, 2.24) is 5.32 Å². The van der Waals surface area contributed by atoms with Gasteiger partial charge in [0.05, 0.1) is 7.11 Å². The van der Waals surface area contributed by atoms with Crippen LogP contribution in [0, 0.1) is 0 Å². The van der Waals surface area contributed by atoms with E-state index in [-0.39, 0.29) is 0 Å². The minimum Gasteiger partial charge on any atom is -0.497 e. The maximum absolute atomic E-state index is 6.12. The number of hydrogen-bond acceptors (Lipinski definition) is 3. The lowest BCUT2D eigenvalue weighted by Crippen LogP contribution is -2.20. The summed E-state index contributed by atoms with van der Waals surface area (Å²) in [6.45, 7) is 2.62. The van der Waals surface area contributed by atoms with E-state index in [0.717, 1.165) is 48.8 Å². The summed E-state index contributed by atoms with van der Waals surface area (Å²) < 4.78 is 5.09. The lowest BCUT2D eigenvalue weighted by Gasteiger charge is -2.07. The van der Waals surface area contributed by atoms with Crippen LogP contribution in [0.15, 0.2) is 18.2 Å². The third-order valence-electron chi connectivity index (χ3n) is 2.39. The van der Waals surface area contributed by atoms with E-state index in [2.05, 4.69) is 5.32 Å². The van der Waals surface area contributed by atoms with Crippen LogP contribution in [-0.4, -0.2) is 26.7 Å². The number of nitrogens with one attached hydrogen (secondary N) is 1. The van der Waals surface area contributed by atoms with E-state index in [1.165, 1.54) is 0 Å². The molecule has 0 radical (unpaired) electrons. The van der Waals surface area contributed by atoms with Crippen LogP contribution < -0.4 is 15.8 Å². The first kappa shape index (κ1) is 13.3. The number of rotatable bonds is 7. The lowest BCUT2D eigenvalue weighted by molar-refractivity contribution is 0.414. The fraction of sp³-hybridized carbons (Fsp3) is 0.500. The number of benzene rings is 1. The standard InChI is InChI=1S/C12H19ClN2O/c1-16-11-4-3-10(12(13)9-11)5-8-15-7-2-6-14/h3-4,9,15H,2,5-8,14H2,1H3. The van der Waals surface area contributed by atoms with Crippen molar-refractivity contribution in [2.45, 2.75) is 12.8 Å². The van der Waals surface area contributed by atoms with Gasteiger partial charge in [0.15, 0.2) is 0 Å². The number of nitrogens with two attached hydrogens (primary N) is 1. The minimum atomic E-state index is 0.732. The van der Waals surface area contributed by atoms with Gasteiger partial charge in [0, 0.05) is 5.02 Å². The molecule has 0 atom stereocenters. The van der Waals surface area contributed by atoms with Gasteiger partial charge >= 0.3 is 0 Å². The summed E-state index contributed by atoms with van der Waals surface area (Å²) in [6, 6.07) is 5.78. The highest BCUT2D eigenvalue weighted by molar-refractivity contribution is 6.31. The number of halogens is 1. The second kappa shape index (κ2) is 7.49. The molecule has 3 nitrogen and oxygen atoms in total. The fourth-order valence-corrected chi connectivity index (χ4v) is 1.70. The average Bonchev–Trinajstić information content (AvgIpc) is 2.30. The highest BCUT2D eigenvalue weighted by atomic mass is 35.5. The number of methoxy groups -OCH3 is 1. The van der Waals surface area contributed by atoms with E-state index in [0.29, 0.717) is 0 Å². The first-order valence-corrected chi connectivity index (χ1v) is 5.89. The molecule has 0 saturated carbocycles. The van der Waals surface area contributed by atoms with Gasteiger partial charge in [-0.25, -0.2) is 0 Å². The van der Waals surface area contributed by atoms with Crippen LogP contribution in [0.5, 0.6) is 5.75 Å². The molecule has 90 valence electrons. The maximum Gasteiger partial charge on any atom is 0.120 e.